The lowest BCUT2D eigenvalue weighted by molar-refractivity contribution is -0.116. The van der Waals surface area contributed by atoms with Crippen LogP contribution >= 0.6 is 0 Å². The molecule has 0 atom stereocenters. The molecule has 0 spiro atoms. The number of carbonyl (C=O) groups excluding carboxylic acids is 1. The first kappa shape index (κ1) is 20.8. The van der Waals surface area contributed by atoms with E-state index in [1.54, 1.807) is 17.0 Å². The summed E-state index contributed by atoms with van der Waals surface area (Å²) in [6, 6.07) is 13.6. The first-order chi connectivity index (χ1) is 13.9. The maximum absolute atomic E-state index is 12.5. The molecule has 1 N–H and O–H groups in total. The average Bonchev–Trinajstić information content (AvgIpc) is 2.70. The molecule has 5 nitrogen and oxygen atoms in total. The molecule has 1 heterocycles. The number of fused-ring (bicyclic) bond motifs is 1. The summed E-state index contributed by atoms with van der Waals surface area (Å²) in [6.07, 6.45) is 2.49. The molecule has 0 aliphatic heterocycles. The summed E-state index contributed by atoms with van der Waals surface area (Å²) in [5, 5.41) is 3.65. The molecule has 1 amide bonds. The van der Waals surface area contributed by atoms with E-state index >= 15 is 0 Å². The molecule has 0 unspecified atom stereocenters. The summed E-state index contributed by atoms with van der Waals surface area (Å²) in [7, 11) is 0. The van der Waals surface area contributed by atoms with E-state index in [9.17, 15) is 9.59 Å². The van der Waals surface area contributed by atoms with E-state index in [2.05, 4.69) is 50.1 Å². The van der Waals surface area contributed by atoms with Gasteiger partial charge in [-0.3, -0.25) is 14.2 Å². The Balaban J connectivity index is 1.64. The summed E-state index contributed by atoms with van der Waals surface area (Å²) in [5.74, 6) is 0.739. The number of rotatable bonds is 7. The highest BCUT2D eigenvalue weighted by Gasteiger charge is 2.12. The summed E-state index contributed by atoms with van der Waals surface area (Å²) >= 11 is 0. The Morgan fingerprint density at radius 2 is 1.83 bits per heavy atom. The zero-order valence-electron chi connectivity index (χ0n) is 17.6. The normalized spacial score (nSPS) is 11.4. The zero-order chi connectivity index (χ0) is 21.0. The molecule has 0 bridgehead atoms. The topological polar surface area (TPSA) is 64.0 Å². The molecule has 0 saturated heterocycles. The molecule has 3 rings (SSSR count). The van der Waals surface area contributed by atoms with E-state index in [-0.39, 0.29) is 11.5 Å². The summed E-state index contributed by atoms with van der Waals surface area (Å²) < 4.78 is 1.58. The third-order valence-electron chi connectivity index (χ3n) is 5.17. The zero-order valence-corrected chi connectivity index (χ0v) is 17.6. The van der Waals surface area contributed by atoms with Crippen molar-refractivity contribution < 1.29 is 4.79 Å². The van der Waals surface area contributed by atoms with Crippen LogP contribution in [-0.4, -0.2) is 15.5 Å². The van der Waals surface area contributed by atoms with Gasteiger partial charge < -0.3 is 5.32 Å². The van der Waals surface area contributed by atoms with Crippen LogP contribution < -0.4 is 10.9 Å². The van der Waals surface area contributed by atoms with Crippen LogP contribution in [0.15, 0.2) is 53.6 Å². The number of nitrogens with zero attached hydrogens (tertiary/aromatic N) is 2. The molecule has 0 radical (unpaired) electrons. The first-order valence-corrected chi connectivity index (χ1v) is 10.2. The van der Waals surface area contributed by atoms with Gasteiger partial charge in [-0.25, -0.2) is 4.98 Å². The van der Waals surface area contributed by atoms with Crippen molar-refractivity contribution in [2.45, 2.75) is 58.9 Å². The van der Waals surface area contributed by atoms with E-state index in [1.807, 2.05) is 24.3 Å². The van der Waals surface area contributed by atoms with Gasteiger partial charge in [-0.1, -0.05) is 52.0 Å². The van der Waals surface area contributed by atoms with E-state index in [1.165, 1.54) is 5.56 Å². The molecule has 0 aliphatic rings. The fourth-order valence-corrected chi connectivity index (χ4v) is 3.42. The average molecular weight is 392 g/mol. The Bertz CT molecular complexity index is 1070. The van der Waals surface area contributed by atoms with Crippen molar-refractivity contribution in [2.75, 3.05) is 5.32 Å². The van der Waals surface area contributed by atoms with E-state index in [0.717, 1.165) is 11.3 Å². The molecule has 5 heteroatoms. The fourth-order valence-electron chi connectivity index (χ4n) is 3.42. The number of aromatic nitrogens is 2. The van der Waals surface area contributed by atoms with Crippen LogP contribution in [0.25, 0.3) is 10.9 Å². The Kier molecular flexibility index (Phi) is 6.47. The molecule has 0 saturated carbocycles. The van der Waals surface area contributed by atoms with Crippen molar-refractivity contribution in [3.05, 3.63) is 70.3 Å². The maximum atomic E-state index is 12.5. The van der Waals surface area contributed by atoms with Gasteiger partial charge in [-0.2, -0.15) is 0 Å². The van der Waals surface area contributed by atoms with Gasteiger partial charge in [-0.15, -0.1) is 0 Å². The molecular formula is C24H29N3O2. The van der Waals surface area contributed by atoms with E-state index in [0.29, 0.717) is 42.1 Å². The smallest absolute Gasteiger partial charge is 0.261 e. The lowest BCUT2D eigenvalue weighted by Gasteiger charge is -2.17. The highest BCUT2D eigenvalue weighted by molar-refractivity contribution is 5.91. The number of benzene rings is 2. The Morgan fingerprint density at radius 3 is 2.55 bits per heavy atom. The van der Waals surface area contributed by atoms with E-state index < -0.39 is 0 Å². The molecule has 3 aromatic rings. The highest BCUT2D eigenvalue weighted by Crippen LogP contribution is 2.28. The van der Waals surface area contributed by atoms with Crippen LogP contribution in [0.3, 0.4) is 0 Å². The molecule has 0 aliphatic carbocycles. The van der Waals surface area contributed by atoms with Crippen LogP contribution in [-0.2, 0) is 11.3 Å². The minimum absolute atomic E-state index is 0.0361. The van der Waals surface area contributed by atoms with Gasteiger partial charge in [0.15, 0.2) is 0 Å². The van der Waals surface area contributed by atoms with Gasteiger partial charge in [0.2, 0.25) is 5.91 Å². The second-order valence-corrected chi connectivity index (χ2v) is 8.07. The molecule has 2 aromatic carbocycles. The Labute approximate surface area is 171 Å². The third kappa shape index (κ3) is 4.91. The number of hydrogen-bond donors (Lipinski definition) is 1. The number of aryl methyl sites for hydroxylation is 1. The number of anilines is 1. The van der Waals surface area contributed by atoms with Gasteiger partial charge in [0.1, 0.15) is 0 Å². The van der Waals surface area contributed by atoms with Crippen LogP contribution in [0.2, 0.25) is 0 Å². The number of hydrogen-bond acceptors (Lipinski definition) is 3. The van der Waals surface area contributed by atoms with Crippen molar-refractivity contribution in [3.63, 3.8) is 0 Å². The predicted octanol–water partition coefficient (Wildman–Crippen LogP) is 5.06. The summed E-state index contributed by atoms with van der Waals surface area (Å²) in [4.78, 5) is 29.3. The second kappa shape index (κ2) is 9.03. The highest BCUT2D eigenvalue weighted by atomic mass is 16.1. The molecule has 152 valence electrons. The van der Waals surface area contributed by atoms with Crippen molar-refractivity contribution in [1.82, 2.24) is 9.55 Å². The maximum Gasteiger partial charge on any atom is 0.261 e. The van der Waals surface area contributed by atoms with Crippen LogP contribution in [0.4, 0.5) is 5.69 Å². The van der Waals surface area contributed by atoms with Gasteiger partial charge in [-0.05, 0) is 47.6 Å². The van der Waals surface area contributed by atoms with Crippen molar-refractivity contribution in [2.24, 2.45) is 0 Å². The number of para-hydroxylation sites is 1. The predicted molar refractivity (Wildman–Crippen MR) is 118 cm³/mol. The van der Waals surface area contributed by atoms with Crippen LogP contribution in [0.5, 0.6) is 0 Å². The number of carbonyl (C=O) groups is 1. The Hall–Kier alpha value is -2.95. The lowest BCUT2D eigenvalue weighted by Crippen LogP contribution is -2.21. The minimum atomic E-state index is -0.0672. The quantitative estimate of drug-likeness (QED) is 0.612. The second-order valence-electron chi connectivity index (χ2n) is 8.07. The van der Waals surface area contributed by atoms with Crippen LogP contribution in [0, 0.1) is 0 Å². The SMILES string of the molecule is CC(C)c1ccc(NC(=O)CCCn2cnc3ccccc3c2=O)c(C(C)C)c1. The van der Waals surface area contributed by atoms with Gasteiger partial charge in [0, 0.05) is 18.7 Å². The van der Waals surface area contributed by atoms with E-state index in [4.69, 9.17) is 0 Å². The van der Waals surface area contributed by atoms with Gasteiger partial charge in [0.25, 0.3) is 5.56 Å². The monoisotopic (exact) mass is 391 g/mol. The van der Waals surface area contributed by atoms with Crippen molar-refractivity contribution >= 4 is 22.5 Å². The Morgan fingerprint density at radius 1 is 1.07 bits per heavy atom. The molecule has 29 heavy (non-hydrogen) atoms. The number of nitrogens with one attached hydrogen (secondary N) is 1. The molecule has 1 aromatic heterocycles. The standard InChI is InChI=1S/C24H29N3O2/c1-16(2)18-11-12-22(20(14-18)17(3)4)26-23(28)10-7-13-27-15-25-21-9-6-5-8-19(21)24(27)29/h5-6,8-9,11-12,14-17H,7,10,13H2,1-4H3,(H,26,28). The van der Waals surface area contributed by atoms with Crippen LogP contribution in [0.1, 0.15) is 63.5 Å². The largest absolute Gasteiger partial charge is 0.326 e. The summed E-state index contributed by atoms with van der Waals surface area (Å²) in [6.45, 7) is 9.07. The summed E-state index contributed by atoms with van der Waals surface area (Å²) in [5.41, 5.74) is 3.92. The van der Waals surface area contributed by atoms with Gasteiger partial charge in [0.05, 0.1) is 17.2 Å². The molecule has 0 fully saturated rings. The minimum Gasteiger partial charge on any atom is -0.326 e. The van der Waals surface area contributed by atoms with Crippen molar-refractivity contribution in [1.29, 1.82) is 0 Å². The van der Waals surface area contributed by atoms with Crippen molar-refractivity contribution in [3.8, 4) is 0 Å². The fraction of sp³-hybridized carbons (Fsp3) is 0.375. The third-order valence-corrected chi connectivity index (χ3v) is 5.17. The lowest BCUT2D eigenvalue weighted by atomic mass is 9.94. The molecular weight excluding hydrogens is 362 g/mol. The number of amides is 1. The first-order valence-electron chi connectivity index (χ1n) is 10.2. The van der Waals surface area contributed by atoms with Gasteiger partial charge >= 0.3 is 0 Å².